The van der Waals surface area contributed by atoms with Gasteiger partial charge in [0.05, 0.1) is 6.61 Å². The lowest BCUT2D eigenvalue weighted by atomic mass is 9.89. The zero-order chi connectivity index (χ0) is 23.8. The summed E-state index contributed by atoms with van der Waals surface area (Å²) in [5, 5.41) is 13.0. The Balaban J connectivity index is 1.70. The molecule has 1 aliphatic rings. The normalized spacial score (nSPS) is 19.5. The summed E-state index contributed by atoms with van der Waals surface area (Å²) in [4.78, 5) is 17.9. The number of benzene rings is 2. The Bertz CT molecular complexity index is 1010. The van der Waals surface area contributed by atoms with Crippen molar-refractivity contribution < 1.29 is 19.4 Å². The highest BCUT2D eigenvalue weighted by Gasteiger charge is 2.49. The van der Waals surface area contributed by atoms with Crippen LogP contribution in [0.3, 0.4) is 0 Å². The van der Waals surface area contributed by atoms with Crippen molar-refractivity contribution in [2.24, 2.45) is 4.99 Å². The van der Waals surface area contributed by atoms with Crippen LogP contribution in [0.4, 0.5) is 0 Å². The van der Waals surface area contributed by atoms with Crippen LogP contribution in [0.5, 0.6) is 5.75 Å². The van der Waals surface area contributed by atoms with Gasteiger partial charge < -0.3 is 19.9 Å². The fourth-order valence-corrected chi connectivity index (χ4v) is 4.10. The minimum atomic E-state index is -1.10. The van der Waals surface area contributed by atoms with Crippen LogP contribution in [0.1, 0.15) is 30.9 Å². The van der Waals surface area contributed by atoms with E-state index in [0.29, 0.717) is 54.1 Å². The summed E-state index contributed by atoms with van der Waals surface area (Å²) >= 11 is 12.2. The van der Waals surface area contributed by atoms with E-state index in [1.807, 2.05) is 37.3 Å². The molecule has 3 rings (SSSR count). The second-order valence-corrected chi connectivity index (χ2v) is 8.63. The first-order valence-corrected chi connectivity index (χ1v) is 11.6. The first kappa shape index (κ1) is 25.1. The number of amides is 1. The number of nitrogens with one attached hydrogen (secondary N) is 1. The second kappa shape index (κ2) is 11.5. The molecule has 2 N–H and O–H groups in total. The number of hydrogen-bond acceptors (Lipinski definition) is 5. The SMILES string of the molecule is C=CC[C@@]1(C(=O)NCCc2ccc(Cl)cc2Cl)N=C(c2ccc(OCCCO)cc2)O[C@@H]1C. The third-order valence-electron chi connectivity index (χ3n) is 5.48. The van der Waals surface area contributed by atoms with Crippen LogP contribution in [0.25, 0.3) is 0 Å². The molecule has 2 aromatic rings. The van der Waals surface area contributed by atoms with Crippen LogP contribution < -0.4 is 10.1 Å². The van der Waals surface area contributed by atoms with Crippen molar-refractivity contribution in [1.82, 2.24) is 5.32 Å². The van der Waals surface area contributed by atoms with Crippen LogP contribution in [0, 0.1) is 0 Å². The Kier molecular flexibility index (Phi) is 8.78. The van der Waals surface area contributed by atoms with Crippen molar-refractivity contribution in [2.75, 3.05) is 19.8 Å². The molecule has 8 heteroatoms. The summed E-state index contributed by atoms with van der Waals surface area (Å²) in [6.45, 7) is 6.57. The molecule has 1 aliphatic heterocycles. The standard InChI is InChI=1S/C25H28Cl2N2O4/c1-3-12-25(24(31)28-13-11-18-5-8-20(26)16-22(18)27)17(2)33-23(29-25)19-6-9-21(10-7-19)32-15-4-14-30/h3,5-10,16-17,30H,1,4,11-15H2,2H3,(H,28,31)/t17-,25-/m1/s1. The van der Waals surface area contributed by atoms with Crippen molar-refractivity contribution in [3.8, 4) is 5.75 Å². The molecule has 2 atom stereocenters. The van der Waals surface area contributed by atoms with E-state index < -0.39 is 11.6 Å². The van der Waals surface area contributed by atoms with Crippen LogP contribution in [-0.4, -0.2) is 48.3 Å². The minimum Gasteiger partial charge on any atom is -0.494 e. The Morgan fingerprint density at radius 3 is 2.73 bits per heavy atom. The topological polar surface area (TPSA) is 80.2 Å². The molecule has 0 bridgehead atoms. The highest BCUT2D eigenvalue weighted by molar-refractivity contribution is 6.35. The van der Waals surface area contributed by atoms with Gasteiger partial charge in [-0.25, -0.2) is 4.99 Å². The molecule has 176 valence electrons. The number of carbonyl (C=O) groups is 1. The number of hydrogen-bond donors (Lipinski definition) is 2. The Morgan fingerprint density at radius 2 is 2.06 bits per heavy atom. The van der Waals surface area contributed by atoms with Gasteiger partial charge in [0.2, 0.25) is 5.90 Å². The lowest BCUT2D eigenvalue weighted by molar-refractivity contribution is -0.128. The molecule has 0 saturated heterocycles. The number of aliphatic imine (C=N–C) groups is 1. The number of rotatable bonds is 11. The van der Waals surface area contributed by atoms with E-state index in [2.05, 4.69) is 11.9 Å². The quantitative estimate of drug-likeness (QED) is 0.356. The van der Waals surface area contributed by atoms with Crippen molar-refractivity contribution in [3.63, 3.8) is 0 Å². The zero-order valence-electron chi connectivity index (χ0n) is 18.5. The van der Waals surface area contributed by atoms with Gasteiger partial charge in [-0.15, -0.1) is 6.58 Å². The smallest absolute Gasteiger partial charge is 0.252 e. The van der Waals surface area contributed by atoms with Crippen molar-refractivity contribution in [1.29, 1.82) is 0 Å². The second-order valence-electron chi connectivity index (χ2n) is 7.79. The molecule has 1 amide bonds. The van der Waals surface area contributed by atoms with Gasteiger partial charge in [-0.2, -0.15) is 0 Å². The summed E-state index contributed by atoms with van der Waals surface area (Å²) in [5.74, 6) is 0.871. The van der Waals surface area contributed by atoms with Gasteiger partial charge in [-0.3, -0.25) is 4.79 Å². The molecule has 0 aromatic heterocycles. The van der Waals surface area contributed by atoms with E-state index in [1.54, 1.807) is 18.2 Å². The van der Waals surface area contributed by atoms with Gasteiger partial charge >= 0.3 is 0 Å². The molecule has 2 aromatic carbocycles. The van der Waals surface area contributed by atoms with Gasteiger partial charge in [-0.1, -0.05) is 35.3 Å². The number of ether oxygens (including phenoxy) is 2. The number of aliphatic hydroxyl groups is 1. The highest BCUT2D eigenvalue weighted by atomic mass is 35.5. The van der Waals surface area contributed by atoms with Gasteiger partial charge in [0.25, 0.3) is 5.91 Å². The molecule has 0 saturated carbocycles. The van der Waals surface area contributed by atoms with Crippen molar-refractivity contribution >= 4 is 35.0 Å². The summed E-state index contributed by atoms with van der Waals surface area (Å²) in [6, 6.07) is 12.6. The molecule has 1 heterocycles. The first-order valence-electron chi connectivity index (χ1n) is 10.8. The number of carbonyl (C=O) groups excluding carboxylic acids is 1. The maximum Gasteiger partial charge on any atom is 0.252 e. The zero-order valence-corrected chi connectivity index (χ0v) is 20.0. The highest BCUT2D eigenvalue weighted by Crippen LogP contribution is 2.32. The largest absolute Gasteiger partial charge is 0.494 e. The van der Waals surface area contributed by atoms with Gasteiger partial charge in [-0.05, 0) is 55.3 Å². The van der Waals surface area contributed by atoms with Gasteiger partial charge in [0.1, 0.15) is 11.9 Å². The molecule has 0 radical (unpaired) electrons. The third-order valence-corrected chi connectivity index (χ3v) is 6.07. The average Bonchev–Trinajstić information content (AvgIpc) is 3.13. The fraction of sp³-hybridized carbons (Fsp3) is 0.360. The summed E-state index contributed by atoms with van der Waals surface area (Å²) in [7, 11) is 0. The predicted octanol–water partition coefficient (Wildman–Crippen LogP) is 4.59. The summed E-state index contributed by atoms with van der Waals surface area (Å²) in [5.41, 5.74) is 0.556. The average molecular weight is 491 g/mol. The summed E-state index contributed by atoms with van der Waals surface area (Å²) < 4.78 is 11.6. The third kappa shape index (κ3) is 6.08. The Hall–Kier alpha value is -2.54. The van der Waals surface area contributed by atoms with Crippen LogP contribution >= 0.6 is 23.2 Å². The van der Waals surface area contributed by atoms with Gasteiger partial charge in [0.15, 0.2) is 5.54 Å². The van der Waals surface area contributed by atoms with E-state index in [4.69, 9.17) is 42.8 Å². The van der Waals surface area contributed by atoms with Crippen molar-refractivity contribution in [3.05, 3.63) is 76.3 Å². The number of halogens is 2. The lowest BCUT2D eigenvalue weighted by Gasteiger charge is -2.26. The van der Waals surface area contributed by atoms with E-state index in [0.717, 1.165) is 11.1 Å². The van der Waals surface area contributed by atoms with Crippen LogP contribution in [-0.2, 0) is 16.0 Å². The Labute approximate surface area is 204 Å². The number of nitrogens with zero attached hydrogens (tertiary/aromatic N) is 1. The molecule has 6 nitrogen and oxygen atoms in total. The maximum atomic E-state index is 13.2. The van der Waals surface area contributed by atoms with E-state index in [9.17, 15) is 4.79 Å². The predicted molar refractivity (Wildman–Crippen MR) is 131 cm³/mol. The lowest BCUT2D eigenvalue weighted by Crippen LogP contribution is -2.51. The van der Waals surface area contributed by atoms with Crippen LogP contribution in [0.2, 0.25) is 10.0 Å². The fourth-order valence-electron chi connectivity index (χ4n) is 3.59. The first-order chi connectivity index (χ1) is 15.9. The number of aliphatic hydroxyl groups excluding tert-OH is 1. The molecule has 0 fully saturated rings. The monoisotopic (exact) mass is 490 g/mol. The minimum absolute atomic E-state index is 0.0841. The van der Waals surface area contributed by atoms with Crippen molar-refractivity contribution in [2.45, 2.75) is 37.8 Å². The molecule has 0 aliphatic carbocycles. The maximum absolute atomic E-state index is 13.2. The van der Waals surface area contributed by atoms with E-state index >= 15 is 0 Å². The van der Waals surface area contributed by atoms with Crippen LogP contribution in [0.15, 0.2) is 60.1 Å². The van der Waals surface area contributed by atoms with Gasteiger partial charge in [0, 0.05) is 41.6 Å². The molecular formula is C25H28Cl2N2O4. The molecular weight excluding hydrogens is 463 g/mol. The molecule has 33 heavy (non-hydrogen) atoms. The van der Waals surface area contributed by atoms with E-state index in [1.165, 1.54) is 0 Å². The molecule has 0 unspecified atom stereocenters. The molecule has 0 spiro atoms. The summed E-state index contributed by atoms with van der Waals surface area (Å²) in [6.07, 6.45) is 2.69. The Morgan fingerprint density at radius 1 is 1.30 bits per heavy atom. The van der Waals surface area contributed by atoms with E-state index in [-0.39, 0.29) is 12.5 Å².